The highest BCUT2D eigenvalue weighted by Crippen LogP contribution is 2.38. The molecule has 1 aromatic rings. The lowest BCUT2D eigenvalue weighted by atomic mass is 9.83. The third kappa shape index (κ3) is 2.70. The maximum absolute atomic E-state index is 6.25. The van der Waals surface area contributed by atoms with Crippen molar-refractivity contribution in [3.63, 3.8) is 0 Å². The number of hydrogen-bond acceptors (Lipinski definition) is 1. The van der Waals surface area contributed by atoms with Crippen molar-refractivity contribution in [3.8, 4) is 5.75 Å². The number of halogens is 1. The Bertz CT molecular complexity index is 337. The third-order valence-electron chi connectivity index (χ3n) is 3.27. The number of rotatable bonds is 3. The van der Waals surface area contributed by atoms with Gasteiger partial charge in [-0.25, -0.2) is 0 Å². The van der Waals surface area contributed by atoms with Crippen molar-refractivity contribution >= 4 is 11.6 Å². The first kappa shape index (κ1) is 11.8. The van der Waals surface area contributed by atoms with Crippen LogP contribution in [-0.4, -0.2) is 12.0 Å². The second-order valence-electron chi connectivity index (χ2n) is 4.43. The summed E-state index contributed by atoms with van der Waals surface area (Å²) in [5, 5.41) is 0.341. The zero-order valence-electron chi connectivity index (χ0n) is 9.79. The fraction of sp³-hybridized carbons (Fsp3) is 0.571. The van der Waals surface area contributed by atoms with Gasteiger partial charge in [0.1, 0.15) is 5.75 Å². The van der Waals surface area contributed by atoms with E-state index in [0.717, 1.165) is 25.2 Å². The highest BCUT2D eigenvalue weighted by atomic mass is 35.5. The van der Waals surface area contributed by atoms with E-state index in [2.05, 4.69) is 18.2 Å². The average molecular weight is 239 g/mol. The molecule has 0 bridgehead atoms. The molecule has 88 valence electrons. The predicted octanol–water partition coefficient (Wildman–Crippen LogP) is 4.35. The van der Waals surface area contributed by atoms with Crippen LogP contribution >= 0.6 is 11.6 Å². The molecule has 0 heterocycles. The van der Waals surface area contributed by atoms with Gasteiger partial charge >= 0.3 is 0 Å². The SMILES string of the molecule is CCOc1ccccc1C1CCCC(Cl)C1. The molecule has 16 heavy (non-hydrogen) atoms. The van der Waals surface area contributed by atoms with E-state index in [1.165, 1.54) is 18.4 Å². The summed E-state index contributed by atoms with van der Waals surface area (Å²) < 4.78 is 5.68. The average Bonchev–Trinajstić information content (AvgIpc) is 2.30. The van der Waals surface area contributed by atoms with Crippen LogP contribution in [0.4, 0.5) is 0 Å². The van der Waals surface area contributed by atoms with E-state index in [-0.39, 0.29) is 0 Å². The number of ether oxygens (including phenoxy) is 1. The van der Waals surface area contributed by atoms with E-state index in [4.69, 9.17) is 16.3 Å². The lowest BCUT2D eigenvalue weighted by Crippen LogP contribution is -2.14. The van der Waals surface area contributed by atoms with Crippen LogP contribution in [0.3, 0.4) is 0 Å². The monoisotopic (exact) mass is 238 g/mol. The van der Waals surface area contributed by atoms with Gasteiger partial charge in [-0.3, -0.25) is 0 Å². The molecule has 1 aliphatic carbocycles. The van der Waals surface area contributed by atoms with Crippen molar-refractivity contribution < 1.29 is 4.74 Å². The second-order valence-corrected chi connectivity index (χ2v) is 5.05. The maximum Gasteiger partial charge on any atom is 0.122 e. The van der Waals surface area contributed by atoms with Crippen LogP contribution in [0.15, 0.2) is 24.3 Å². The van der Waals surface area contributed by atoms with Gasteiger partial charge in [0, 0.05) is 5.38 Å². The maximum atomic E-state index is 6.25. The van der Waals surface area contributed by atoms with Gasteiger partial charge in [0.2, 0.25) is 0 Å². The van der Waals surface area contributed by atoms with Crippen LogP contribution in [0, 0.1) is 0 Å². The molecule has 2 heteroatoms. The number of para-hydroxylation sites is 1. The fourth-order valence-electron chi connectivity index (χ4n) is 2.52. The van der Waals surface area contributed by atoms with E-state index < -0.39 is 0 Å². The predicted molar refractivity (Wildman–Crippen MR) is 68.5 cm³/mol. The first-order chi connectivity index (χ1) is 7.81. The van der Waals surface area contributed by atoms with E-state index in [9.17, 15) is 0 Å². The molecule has 2 atom stereocenters. The van der Waals surface area contributed by atoms with Crippen LogP contribution in [0.5, 0.6) is 5.75 Å². The molecule has 1 aromatic carbocycles. The highest BCUT2D eigenvalue weighted by molar-refractivity contribution is 6.20. The molecule has 0 spiro atoms. The van der Waals surface area contributed by atoms with Gasteiger partial charge in [0.05, 0.1) is 6.61 Å². The molecule has 0 aliphatic heterocycles. The van der Waals surface area contributed by atoms with E-state index in [1.54, 1.807) is 0 Å². The molecule has 0 radical (unpaired) electrons. The molecule has 0 saturated heterocycles. The Hall–Kier alpha value is -0.690. The van der Waals surface area contributed by atoms with Crippen LogP contribution < -0.4 is 4.74 Å². The molecule has 0 amide bonds. The molecular formula is C14H19ClO. The molecule has 2 unspecified atom stereocenters. The van der Waals surface area contributed by atoms with Crippen molar-refractivity contribution in [1.82, 2.24) is 0 Å². The highest BCUT2D eigenvalue weighted by Gasteiger charge is 2.23. The standard InChI is InChI=1S/C14H19ClO/c1-2-16-14-9-4-3-8-13(14)11-6-5-7-12(15)10-11/h3-4,8-9,11-12H,2,5-7,10H2,1H3. The summed E-state index contributed by atoms with van der Waals surface area (Å²) in [5.74, 6) is 1.62. The normalized spacial score (nSPS) is 25.4. The Morgan fingerprint density at radius 2 is 2.12 bits per heavy atom. The van der Waals surface area contributed by atoms with Gasteiger partial charge in [-0.2, -0.15) is 0 Å². The summed E-state index contributed by atoms with van der Waals surface area (Å²) in [4.78, 5) is 0. The fourth-order valence-corrected chi connectivity index (χ4v) is 2.89. The summed E-state index contributed by atoms with van der Waals surface area (Å²) in [6.45, 7) is 2.76. The molecule has 1 aliphatic rings. The number of hydrogen-bond donors (Lipinski definition) is 0. The quantitative estimate of drug-likeness (QED) is 0.712. The van der Waals surface area contributed by atoms with Crippen molar-refractivity contribution in [2.24, 2.45) is 0 Å². The first-order valence-corrected chi connectivity index (χ1v) is 6.60. The molecule has 1 nitrogen and oxygen atoms in total. The summed E-state index contributed by atoms with van der Waals surface area (Å²) in [6, 6.07) is 8.38. The lowest BCUT2D eigenvalue weighted by Gasteiger charge is -2.27. The van der Waals surface area contributed by atoms with E-state index >= 15 is 0 Å². The molecule has 1 fully saturated rings. The van der Waals surface area contributed by atoms with Crippen molar-refractivity contribution in [2.75, 3.05) is 6.61 Å². The number of benzene rings is 1. The first-order valence-electron chi connectivity index (χ1n) is 6.17. The smallest absolute Gasteiger partial charge is 0.122 e. The van der Waals surface area contributed by atoms with Gasteiger partial charge in [-0.1, -0.05) is 24.6 Å². The van der Waals surface area contributed by atoms with Crippen LogP contribution in [0.2, 0.25) is 0 Å². The van der Waals surface area contributed by atoms with Crippen molar-refractivity contribution in [2.45, 2.75) is 43.9 Å². The van der Waals surface area contributed by atoms with Crippen LogP contribution in [0.25, 0.3) is 0 Å². The van der Waals surface area contributed by atoms with Crippen LogP contribution in [-0.2, 0) is 0 Å². The second kappa shape index (κ2) is 5.58. The molecular weight excluding hydrogens is 220 g/mol. The Balaban J connectivity index is 2.17. The minimum Gasteiger partial charge on any atom is -0.494 e. The molecule has 0 aromatic heterocycles. The van der Waals surface area contributed by atoms with Gasteiger partial charge in [-0.15, -0.1) is 11.6 Å². The minimum atomic E-state index is 0.341. The third-order valence-corrected chi connectivity index (χ3v) is 3.67. The van der Waals surface area contributed by atoms with Gasteiger partial charge in [0.25, 0.3) is 0 Å². The van der Waals surface area contributed by atoms with Gasteiger partial charge in [-0.05, 0) is 43.7 Å². The van der Waals surface area contributed by atoms with Crippen LogP contribution in [0.1, 0.15) is 44.1 Å². The minimum absolute atomic E-state index is 0.341. The summed E-state index contributed by atoms with van der Waals surface area (Å²) in [6.07, 6.45) is 4.73. The molecule has 1 saturated carbocycles. The Kier molecular flexibility index (Phi) is 4.11. The zero-order chi connectivity index (χ0) is 11.4. The Morgan fingerprint density at radius 1 is 1.31 bits per heavy atom. The van der Waals surface area contributed by atoms with Gasteiger partial charge < -0.3 is 4.74 Å². The van der Waals surface area contributed by atoms with Crippen molar-refractivity contribution in [1.29, 1.82) is 0 Å². The lowest BCUT2D eigenvalue weighted by molar-refractivity contribution is 0.328. The zero-order valence-corrected chi connectivity index (χ0v) is 10.5. The van der Waals surface area contributed by atoms with E-state index in [1.807, 2.05) is 13.0 Å². The van der Waals surface area contributed by atoms with Gasteiger partial charge in [0.15, 0.2) is 0 Å². The van der Waals surface area contributed by atoms with E-state index in [0.29, 0.717) is 11.3 Å². The molecule has 0 N–H and O–H groups in total. The van der Waals surface area contributed by atoms with Crippen molar-refractivity contribution in [3.05, 3.63) is 29.8 Å². The summed E-state index contributed by atoms with van der Waals surface area (Å²) >= 11 is 6.25. The topological polar surface area (TPSA) is 9.23 Å². The summed E-state index contributed by atoms with van der Waals surface area (Å²) in [7, 11) is 0. The molecule has 2 rings (SSSR count). The Labute approximate surface area is 103 Å². The largest absolute Gasteiger partial charge is 0.494 e. The number of alkyl halides is 1. The Morgan fingerprint density at radius 3 is 2.88 bits per heavy atom. The summed E-state index contributed by atoms with van der Waals surface area (Å²) in [5.41, 5.74) is 1.34.